The van der Waals surface area contributed by atoms with E-state index in [4.69, 9.17) is 5.73 Å². The van der Waals surface area contributed by atoms with Crippen molar-refractivity contribution in [1.82, 2.24) is 0 Å². The highest BCUT2D eigenvalue weighted by Crippen LogP contribution is 2.33. The maximum atomic E-state index is 13.6. The third-order valence-electron chi connectivity index (χ3n) is 2.76. The first kappa shape index (κ1) is 14.0. The molecular weight excluding hydrogens is 274 g/mol. The Hall–Kier alpha value is -2.37. The maximum Gasteiger partial charge on any atom is 0.416 e. The summed E-state index contributed by atoms with van der Waals surface area (Å²) in [5, 5.41) is 0. The number of hydrogen-bond acceptors (Lipinski definition) is 1. The van der Waals surface area contributed by atoms with Crippen LogP contribution in [0, 0.1) is 5.82 Å². The lowest BCUT2D eigenvalue weighted by molar-refractivity contribution is -0.137. The average Bonchev–Trinajstić information content (AvgIpc) is 2.37. The summed E-state index contributed by atoms with van der Waals surface area (Å²) in [6.07, 6.45) is -4.52. The van der Waals surface area contributed by atoms with Gasteiger partial charge in [0.25, 0.3) is 5.91 Å². The van der Waals surface area contributed by atoms with Gasteiger partial charge in [-0.15, -0.1) is 0 Å². The van der Waals surface area contributed by atoms with Crippen molar-refractivity contribution in [3.63, 3.8) is 0 Å². The van der Waals surface area contributed by atoms with Crippen molar-refractivity contribution in [2.45, 2.75) is 6.18 Å². The van der Waals surface area contributed by atoms with Crippen molar-refractivity contribution in [3.05, 3.63) is 59.4 Å². The lowest BCUT2D eigenvalue weighted by Gasteiger charge is -2.11. The lowest BCUT2D eigenvalue weighted by atomic mass is 9.97. The molecule has 0 spiro atoms. The zero-order valence-corrected chi connectivity index (χ0v) is 10.0. The van der Waals surface area contributed by atoms with Crippen LogP contribution >= 0.6 is 0 Å². The molecule has 0 aliphatic heterocycles. The molecule has 2 aromatic rings. The number of benzene rings is 2. The molecule has 0 bridgehead atoms. The van der Waals surface area contributed by atoms with E-state index >= 15 is 0 Å². The normalized spacial score (nSPS) is 11.4. The number of hydrogen-bond donors (Lipinski definition) is 1. The number of primary amides is 1. The van der Waals surface area contributed by atoms with Gasteiger partial charge >= 0.3 is 6.18 Å². The molecule has 0 heterocycles. The minimum absolute atomic E-state index is 0.0311. The molecule has 0 saturated carbocycles. The molecule has 1 amide bonds. The molecule has 6 heteroatoms. The Morgan fingerprint density at radius 2 is 1.70 bits per heavy atom. The summed E-state index contributed by atoms with van der Waals surface area (Å²) in [6.45, 7) is 0. The van der Waals surface area contributed by atoms with Crippen LogP contribution in [0.3, 0.4) is 0 Å². The van der Waals surface area contributed by atoms with Crippen LogP contribution in [0.25, 0.3) is 11.1 Å². The van der Waals surface area contributed by atoms with Crippen molar-refractivity contribution in [2.24, 2.45) is 5.73 Å². The van der Waals surface area contributed by atoms with Gasteiger partial charge in [-0.1, -0.05) is 24.3 Å². The van der Waals surface area contributed by atoms with Gasteiger partial charge in [0.05, 0.1) is 11.1 Å². The number of carbonyl (C=O) groups excluding carboxylic acids is 1. The Labute approximate surface area is 111 Å². The summed E-state index contributed by atoms with van der Waals surface area (Å²) >= 11 is 0. The summed E-state index contributed by atoms with van der Waals surface area (Å²) in [5.74, 6) is -1.90. The van der Waals surface area contributed by atoms with Crippen LogP contribution in [0.1, 0.15) is 15.9 Å². The van der Waals surface area contributed by atoms with Crippen LogP contribution in [0.2, 0.25) is 0 Å². The molecule has 0 aliphatic rings. The van der Waals surface area contributed by atoms with E-state index < -0.39 is 29.0 Å². The standard InChI is InChI=1S/C14H9F4NO/c15-11-6-2-5-10(12(11)13(19)20)8-3-1-4-9(7-8)14(16,17)18/h1-7H,(H2,19,20). The maximum absolute atomic E-state index is 13.6. The van der Waals surface area contributed by atoms with Crippen LogP contribution in [0.15, 0.2) is 42.5 Å². The Kier molecular flexibility index (Phi) is 3.48. The van der Waals surface area contributed by atoms with E-state index in [-0.39, 0.29) is 11.1 Å². The summed E-state index contributed by atoms with van der Waals surface area (Å²) < 4.78 is 51.6. The highest BCUT2D eigenvalue weighted by Gasteiger charge is 2.30. The predicted molar refractivity (Wildman–Crippen MR) is 65.4 cm³/mol. The van der Waals surface area contributed by atoms with Gasteiger partial charge in [-0.05, 0) is 29.3 Å². The Bertz CT molecular complexity index is 664. The molecule has 2 N–H and O–H groups in total. The molecular formula is C14H9F4NO. The molecule has 0 radical (unpaired) electrons. The molecule has 2 rings (SSSR count). The molecule has 0 aliphatic carbocycles. The van der Waals surface area contributed by atoms with Gasteiger partial charge in [-0.25, -0.2) is 4.39 Å². The van der Waals surface area contributed by atoms with E-state index in [1.165, 1.54) is 24.3 Å². The van der Waals surface area contributed by atoms with E-state index in [0.29, 0.717) is 0 Å². The Balaban J connectivity index is 2.64. The number of halogens is 4. The summed E-state index contributed by atoms with van der Waals surface area (Å²) in [4.78, 5) is 11.3. The number of carbonyl (C=O) groups is 1. The van der Waals surface area contributed by atoms with Gasteiger partial charge < -0.3 is 5.73 Å². The number of amides is 1. The summed E-state index contributed by atoms with van der Waals surface area (Å²) in [5.41, 5.74) is 3.88. The second-order valence-corrected chi connectivity index (χ2v) is 4.11. The quantitative estimate of drug-likeness (QED) is 0.841. The van der Waals surface area contributed by atoms with Gasteiger partial charge in [0.15, 0.2) is 0 Å². The second kappa shape index (κ2) is 4.96. The van der Waals surface area contributed by atoms with E-state index in [0.717, 1.165) is 18.2 Å². The van der Waals surface area contributed by atoms with Gasteiger partial charge in [-0.2, -0.15) is 13.2 Å². The third kappa shape index (κ3) is 2.64. The number of nitrogens with two attached hydrogens (primary N) is 1. The molecule has 0 unspecified atom stereocenters. The van der Waals surface area contributed by atoms with Crippen molar-refractivity contribution in [1.29, 1.82) is 0 Å². The van der Waals surface area contributed by atoms with Crippen LogP contribution in [0.5, 0.6) is 0 Å². The first-order valence-corrected chi connectivity index (χ1v) is 5.56. The van der Waals surface area contributed by atoms with Crippen molar-refractivity contribution < 1.29 is 22.4 Å². The molecule has 0 saturated heterocycles. The zero-order valence-electron chi connectivity index (χ0n) is 10.0. The fourth-order valence-corrected chi connectivity index (χ4v) is 1.88. The monoisotopic (exact) mass is 283 g/mol. The molecule has 0 atom stereocenters. The van der Waals surface area contributed by atoms with Gasteiger partial charge in [0.1, 0.15) is 5.82 Å². The van der Waals surface area contributed by atoms with Crippen molar-refractivity contribution in [3.8, 4) is 11.1 Å². The SMILES string of the molecule is NC(=O)c1c(F)cccc1-c1cccc(C(F)(F)F)c1. The van der Waals surface area contributed by atoms with Crippen LogP contribution in [-0.4, -0.2) is 5.91 Å². The van der Waals surface area contributed by atoms with Crippen LogP contribution < -0.4 is 5.73 Å². The summed E-state index contributed by atoms with van der Waals surface area (Å²) in [7, 11) is 0. The smallest absolute Gasteiger partial charge is 0.365 e. The molecule has 20 heavy (non-hydrogen) atoms. The average molecular weight is 283 g/mol. The predicted octanol–water partition coefficient (Wildman–Crippen LogP) is 3.61. The first-order chi connectivity index (χ1) is 9.30. The third-order valence-corrected chi connectivity index (χ3v) is 2.76. The van der Waals surface area contributed by atoms with Crippen LogP contribution in [-0.2, 0) is 6.18 Å². The second-order valence-electron chi connectivity index (χ2n) is 4.11. The van der Waals surface area contributed by atoms with Gasteiger partial charge in [0, 0.05) is 0 Å². The molecule has 104 valence electrons. The molecule has 0 fully saturated rings. The molecule has 2 aromatic carbocycles. The van der Waals surface area contributed by atoms with Crippen molar-refractivity contribution in [2.75, 3.05) is 0 Å². The fourth-order valence-electron chi connectivity index (χ4n) is 1.88. The zero-order chi connectivity index (χ0) is 14.9. The van der Waals surface area contributed by atoms with Gasteiger partial charge in [-0.3, -0.25) is 4.79 Å². The fraction of sp³-hybridized carbons (Fsp3) is 0.0714. The molecule has 0 aromatic heterocycles. The number of alkyl halides is 3. The summed E-state index contributed by atoms with van der Waals surface area (Å²) in [6, 6.07) is 7.96. The van der Waals surface area contributed by atoms with Crippen LogP contribution in [0.4, 0.5) is 17.6 Å². The first-order valence-electron chi connectivity index (χ1n) is 5.56. The number of rotatable bonds is 2. The van der Waals surface area contributed by atoms with Gasteiger partial charge in [0.2, 0.25) is 0 Å². The Morgan fingerprint density at radius 3 is 2.30 bits per heavy atom. The van der Waals surface area contributed by atoms with E-state index in [2.05, 4.69) is 0 Å². The van der Waals surface area contributed by atoms with E-state index in [1.807, 2.05) is 0 Å². The lowest BCUT2D eigenvalue weighted by Crippen LogP contribution is -2.14. The highest BCUT2D eigenvalue weighted by atomic mass is 19.4. The minimum atomic E-state index is -4.52. The minimum Gasteiger partial charge on any atom is -0.365 e. The molecule has 2 nitrogen and oxygen atoms in total. The van der Waals surface area contributed by atoms with E-state index in [1.54, 1.807) is 0 Å². The van der Waals surface area contributed by atoms with Crippen molar-refractivity contribution >= 4 is 5.91 Å². The highest BCUT2D eigenvalue weighted by molar-refractivity contribution is 6.00. The Morgan fingerprint density at radius 1 is 1.05 bits per heavy atom. The van der Waals surface area contributed by atoms with E-state index in [9.17, 15) is 22.4 Å². The topological polar surface area (TPSA) is 43.1 Å². The largest absolute Gasteiger partial charge is 0.416 e.